The van der Waals surface area contributed by atoms with E-state index in [0.717, 1.165) is 10.4 Å². The third-order valence-corrected chi connectivity index (χ3v) is 5.01. The van der Waals surface area contributed by atoms with Gasteiger partial charge in [-0.25, -0.2) is 4.79 Å². The normalized spacial score (nSPS) is 12.6. The van der Waals surface area contributed by atoms with E-state index < -0.39 is 24.7 Å². The number of hydrogen-bond acceptors (Lipinski definition) is 3. The molecule has 1 aromatic heterocycles. The van der Waals surface area contributed by atoms with Crippen LogP contribution >= 0.6 is 11.3 Å². The Morgan fingerprint density at radius 3 is 2.29 bits per heavy atom. The summed E-state index contributed by atoms with van der Waals surface area (Å²) in [7, 11) is 0. The van der Waals surface area contributed by atoms with E-state index in [1.807, 2.05) is 47.1 Å². The van der Waals surface area contributed by atoms with Crippen molar-refractivity contribution in [1.29, 1.82) is 0 Å². The number of amides is 3. The number of carbonyl (C=O) groups is 2. The van der Waals surface area contributed by atoms with Crippen molar-refractivity contribution in [3.8, 4) is 0 Å². The second kappa shape index (κ2) is 9.70. The first-order valence-electron chi connectivity index (χ1n) is 8.76. The molecule has 152 valence electrons. The lowest BCUT2D eigenvalue weighted by Gasteiger charge is -2.16. The summed E-state index contributed by atoms with van der Waals surface area (Å²) in [6.45, 7) is 2.61. The van der Waals surface area contributed by atoms with Gasteiger partial charge in [0.1, 0.15) is 12.6 Å². The molecule has 9 heteroatoms. The molecule has 0 aliphatic carbocycles. The Morgan fingerprint density at radius 2 is 1.75 bits per heavy atom. The van der Waals surface area contributed by atoms with E-state index >= 15 is 0 Å². The molecule has 0 bridgehead atoms. The predicted octanol–water partition coefficient (Wildman–Crippen LogP) is 2.91. The summed E-state index contributed by atoms with van der Waals surface area (Å²) in [5, 5.41) is 7.21. The molecule has 1 aromatic carbocycles. The first-order chi connectivity index (χ1) is 13.2. The van der Waals surface area contributed by atoms with Gasteiger partial charge in [0.15, 0.2) is 6.54 Å². The lowest BCUT2D eigenvalue weighted by Crippen LogP contribution is -2.87. The topological polar surface area (TPSA) is 74.8 Å². The summed E-state index contributed by atoms with van der Waals surface area (Å²) in [6, 6.07) is 10.6. The maximum atomic E-state index is 12.1. The van der Waals surface area contributed by atoms with E-state index in [4.69, 9.17) is 0 Å². The van der Waals surface area contributed by atoms with Crippen molar-refractivity contribution in [3.05, 3.63) is 57.8 Å². The van der Waals surface area contributed by atoms with Crippen molar-refractivity contribution in [2.24, 2.45) is 0 Å². The number of benzene rings is 1. The predicted molar refractivity (Wildman–Crippen MR) is 101 cm³/mol. The molecule has 0 saturated heterocycles. The van der Waals surface area contributed by atoms with E-state index in [1.54, 1.807) is 22.0 Å². The van der Waals surface area contributed by atoms with E-state index in [9.17, 15) is 22.8 Å². The minimum absolute atomic E-state index is 0.103. The molecule has 0 unspecified atom stereocenters. The molecule has 0 saturated carbocycles. The lowest BCUT2D eigenvalue weighted by molar-refractivity contribution is -0.676. The smallest absolute Gasteiger partial charge is 0.329 e. The second-order valence-corrected chi connectivity index (χ2v) is 7.58. The highest BCUT2D eigenvalue weighted by molar-refractivity contribution is 7.10. The van der Waals surface area contributed by atoms with Gasteiger partial charge in [-0.2, -0.15) is 13.2 Å². The fourth-order valence-electron chi connectivity index (χ4n) is 2.60. The number of thiophene rings is 1. The first kappa shape index (κ1) is 21.9. The summed E-state index contributed by atoms with van der Waals surface area (Å²) >= 11 is 1.55. The maximum absolute atomic E-state index is 12.1. The van der Waals surface area contributed by atoms with Crippen LogP contribution in [0.2, 0.25) is 0 Å². The van der Waals surface area contributed by atoms with E-state index in [-0.39, 0.29) is 12.6 Å². The van der Waals surface area contributed by atoms with Gasteiger partial charge in [0.25, 0.3) is 5.91 Å². The molecule has 0 radical (unpaired) electrons. The molecular formula is C19H23F3N3O2S+. The maximum Gasteiger partial charge on any atom is 0.405 e. The number of hydrogen-bond donors (Lipinski definition) is 3. The zero-order valence-corrected chi connectivity index (χ0v) is 16.4. The molecule has 5 nitrogen and oxygen atoms in total. The van der Waals surface area contributed by atoms with Gasteiger partial charge in [-0.1, -0.05) is 44.2 Å². The van der Waals surface area contributed by atoms with Gasteiger partial charge < -0.3 is 10.6 Å². The zero-order valence-electron chi connectivity index (χ0n) is 15.5. The average Bonchev–Trinajstić information content (AvgIpc) is 3.14. The van der Waals surface area contributed by atoms with Crippen molar-refractivity contribution < 1.29 is 28.1 Å². The Morgan fingerprint density at radius 1 is 1.11 bits per heavy atom. The van der Waals surface area contributed by atoms with Crippen LogP contribution in [0.25, 0.3) is 0 Å². The van der Waals surface area contributed by atoms with Crippen LogP contribution in [0.1, 0.15) is 41.8 Å². The van der Waals surface area contributed by atoms with E-state index in [1.165, 1.54) is 5.56 Å². The van der Waals surface area contributed by atoms with Gasteiger partial charge in [0.05, 0.1) is 4.88 Å². The molecule has 28 heavy (non-hydrogen) atoms. The number of imide groups is 1. The fourth-order valence-corrected chi connectivity index (χ4v) is 3.45. The summed E-state index contributed by atoms with van der Waals surface area (Å²) in [5.41, 5.74) is 2.20. The van der Waals surface area contributed by atoms with Crippen LogP contribution in [0.4, 0.5) is 18.0 Å². The average molecular weight is 414 g/mol. The van der Waals surface area contributed by atoms with Crippen molar-refractivity contribution >= 4 is 23.3 Å². The van der Waals surface area contributed by atoms with E-state index in [2.05, 4.69) is 13.8 Å². The van der Waals surface area contributed by atoms with Gasteiger partial charge in [0.2, 0.25) is 0 Å². The summed E-state index contributed by atoms with van der Waals surface area (Å²) in [4.78, 5) is 24.4. The standard InChI is InChI=1S/C19H22F3N3O2S/c1-12(2)13-5-7-14(8-6-13)17(15-4-3-9-28-15)23-10-16(26)25-18(27)24-11-19(20,21)22/h3-9,12,17,23H,10-11H2,1-2H3,(H2,24,25,26,27)/p+1/t17-/m1/s1. The molecule has 1 atom stereocenters. The number of quaternary nitrogens is 1. The number of rotatable bonds is 7. The Balaban J connectivity index is 1.98. The van der Waals surface area contributed by atoms with Crippen LogP contribution in [0.5, 0.6) is 0 Å². The van der Waals surface area contributed by atoms with Crippen LogP contribution in [0.15, 0.2) is 41.8 Å². The van der Waals surface area contributed by atoms with Gasteiger partial charge >= 0.3 is 12.2 Å². The van der Waals surface area contributed by atoms with Gasteiger partial charge in [-0.05, 0) is 22.9 Å². The van der Waals surface area contributed by atoms with Crippen LogP contribution < -0.4 is 16.0 Å². The first-order valence-corrected chi connectivity index (χ1v) is 9.64. The Hall–Kier alpha value is -2.39. The highest BCUT2D eigenvalue weighted by Gasteiger charge is 2.28. The largest absolute Gasteiger partial charge is 0.405 e. The number of nitrogens with two attached hydrogens (primary N) is 1. The quantitative estimate of drug-likeness (QED) is 0.652. The highest BCUT2D eigenvalue weighted by atomic mass is 32.1. The van der Waals surface area contributed by atoms with Crippen LogP contribution in [0.3, 0.4) is 0 Å². The molecular weight excluding hydrogens is 391 g/mol. The molecule has 0 fully saturated rings. The van der Waals surface area contributed by atoms with Crippen LogP contribution in [0, 0.1) is 0 Å². The van der Waals surface area contributed by atoms with E-state index in [0.29, 0.717) is 5.92 Å². The Labute approximate surface area is 165 Å². The zero-order chi connectivity index (χ0) is 20.7. The molecule has 0 aliphatic rings. The number of carbonyl (C=O) groups excluding carboxylic acids is 2. The minimum Gasteiger partial charge on any atom is -0.329 e. The third-order valence-electron chi connectivity index (χ3n) is 4.05. The number of alkyl halides is 3. The third kappa shape index (κ3) is 6.97. The SMILES string of the molecule is CC(C)c1ccc([C@@H]([NH2+]CC(=O)NC(=O)NCC(F)(F)F)c2cccs2)cc1. The van der Waals surface area contributed by atoms with Crippen molar-refractivity contribution in [2.75, 3.05) is 13.1 Å². The Bertz CT molecular complexity index is 775. The number of urea groups is 1. The highest BCUT2D eigenvalue weighted by Crippen LogP contribution is 2.24. The molecule has 3 amide bonds. The molecule has 4 N–H and O–H groups in total. The summed E-state index contributed by atoms with van der Waals surface area (Å²) in [6.07, 6.45) is -4.53. The molecule has 2 rings (SSSR count). The fraction of sp³-hybridized carbons (Fsp3) is 0.368. The molecule has 0 spiro atoms. The molecule has 0 aliphatic heterocycles. The molecule has 2 aromatic rings. The van der Waals surface area contributed by atoms with Gasteiger partial charge in [-0.3, -0.25) is 10.1 Å². The minimum atomic E-state index is -4.53. The van der Waals surface area contributed by atoms with Crippen molar-refractivity contribution in [1.82, 2.24) is 10.6 Å². The monoisotopic (exact) mass is 414 g/mol. The van der Waals surface area contributed by atoms with Crippen LogP contribution in [-0.4, -0.2) is 31.2 Å². The molecule has 1 heterocycles. The number of halogens is 3. The van der Waals surface area contributed by atoms with Gasteiger partial charge in [0, 0.05) is 5.56 Å². The van der Waals surface area contributed by atoms with Crippen molar-refractivity contribution in [2.45, 2.75) is 32.0 Å². The number of nitrogens with one attached hydrogen (secondary N) is 2. The van der Waals surface area contributed by atoms with Crippen LogP contribution in [-0.2, 0) is 4.79 Å². The summed E-state index contributed by atoms with van der Waals surface area (Å²) in [5.74, 6) is -0.265. The Kier molecular flexibility index (Phi) is 7.59. The summed E-state index contributed by atoms with van der Waals surface area (Å²) < 4.78 is 36.3. The van der Waals surface area contributed by atoms with Crippen molar-refractivity contribution in [3.63, 3.8) is 0 Å². The lowest BCUT2D eigenvalue weighted by atomic mass is 9.98. The van der Waals surface area contributed by atoms with Gasteiger partial charge in [-0.15, -0.1) is 11.3 Å². The second-order valence-electron chi connectivity index (χ2n) is 6.60.